The van der Waals surface area contributed by atoms with Gasteiger partial charge in [0, 0.05) is 6.42 Å². The maximum Gasteiger partial charge on any atom is 0.338 e. The average Bonchev–Trinajstić information content (AvgIpc) is 3.02. The lowest BCUT2D eigenvalue weighted by Gasteiger charge is -2.45. The summed E-state index contributed by atoms with van der Waals surface area (Å²) in [6, 6.07) is 35.9. The molecule has 0 N–H and O–H groups in total. The minimum Gasteiger partial charge on any atom is -0.449 e. The predicted molar refractivity (Wildman–Crippen MR) is 150 cm³/mol. The van der Waals surface area contributed by atoms with Gasteiger partial charge in [0.2, 0.25) is 0 Å². The summed E-state index contributed by atoms with van der Waals surface area (Å²) in [7, 11) is 0. The van der Waals surface area contributed by atoms with Crippen LogP contribution in [0.3, 0.4) is 0 Å². The first-order chi connectivity index (χ1) is 20.0. The minimum absolute atomic E-state index is 0.0264. The lowest BCUT2D eigenvalue weighted by atomic mass is 9.85. The lowest BCUT2D eigenvalue weighted by Crippen LogP contribution is -2.63. The van der Waals surface area contributed by atoms with Crippen molar-refractivity contribution in [3.63, 3.8) is 0 Å². The number of hydrogen-bond acceptors (Lipinski definition) is 5. The molecule has 7 heteroatoms. The fourth-order valence-corrected chi connectivity index (χ4v) is 4.85. The largest absolute Gasteiger partial charge is 0.449 e. The van der Waals surface area contributed by atoms with Gasteiger partial charge in [-0.1, -0.05) is 109 Å². The number of rotatable bonds is 11. The van der Waals surface area contributed by atoms with Gasteiger partial charge >= 0.3 is 11.9 Å². The van der Waals surface area contributed by atoms with Gasteiger partial charge in [-0.15, -0.1) is 0 Å². The molecule has 0 aliphatic heterocycles. The maximum atomic E-state index is 16.3. The van der Waals surface area contributed by atoms with E-state index in [2.05, 4.69) is 0 Å². The number of esters is 1. The van der Waals surface area contributed by atoms with Crippen molar-refractivity contribution >= 4 is 5.97 Å². The van der Waals surface area contributed by atoms with Gasteiger partial charge in [0.05, 0.1) is 31.5 Å². The van der Waals surface area contributed by atoms with Gasteiger partial charge in [-0.2, -0.15) is 8.78 Å². The van der Waals surface area contributed by atoms with Crippen LogP contribution in [0.4, 0.5) is 8.78 Å². The van der Waals surface area contributed by atoms with Gasteiger partial charge in [0.25, 0.3) is 0 Å². The van der Waals surface area contributed by atoms with Crippen LogP contribution in [0.5, 0.6) is 0 Å². The van der Waals surface area contributed by atoms with Crippen molar-refractivity contribution in [2.75, 3.05) is 0 Å². The standard InChI is InChI=1S/C34H32F2O5/c35-34(36)30(39-23-26-15-7-2-8-16-26)21-29(38-22-25-13-5-1-6-14-25)31(40-24-27-17-9-3-10-18-27)32(34)41-33(37)28-19-11-4-12-20-28/h1-20,29-32H,21-24H2/t29-,30+,31+,32-/m1/s1. The van der Waals surface area contributed by atoms with Gasteiger partial charge in [-0.3, -0.25) is 0 Å². The Hall–Kier alpha value is -3.91. The second kappa shape index (κ2) is 13.6. The topological polar surface area (TPSA) is 54.0 Å². The molecule has 41 heavy (non-hydrogen) atoms. The van der Waals surface area contributed by atoms with Crippen molar-refractivity contribution in [1.82, 2.24) is 0 Å². The summed E-state index contributed by atoms with van der Waals surface area (Å²) < 4.78 is 56.3. The van der Waals surface area contributed by atoms with Crippen molar-refractivity contribution < 1.29 is 32.5 Å². The molecule has 5 rings (SSSR count). The minimum atomic E-state index is -3.56. The van der Waals surface area contributed by atoms with Crippen LogP contribution in [0.25, 0.3) is 0 Å². The molecule has 212 valence electrons. The van der Waals surface area contributed by atoms with E-state index in [-0.39, 0.29) is 31.8 Å². The number of carbonyl (C=O) groups is 1. The van der Waals surface area contributed by atoms with E-state index >= 15 is 8.78 Å². The summed E-state index contributed by atoms with van der Waals surface area (Å²) in [4.78, 5) is 13.1. The van der Waals surface area contributed by atoms with E-state index in [9.17, 15) is 4.79 Å². The van der Waals surface area contributed by atoms with Gasteiger partial charge < -0.3 is 18.9 Å². The summed E-state index contributed by atoms with van der Waals surface area (Å²) in [6.45, 7) is 0.191. The molecule has 5 nitrogen and oxygen atoms in total. The lowest BCUT2D eigenvalue weighted by molar-refractivity contribution is -0.280. The normalized spacial score (nSPS) is 21.7. The van der Waals surface area contributed by atoms with Crippen molar-refractivity contribution in [2.24, 2.45) is 0 Å². The molecule has 0 bridgehead atoms. The zero-order valence-corrected chi connectivity index (χ0v) is 22.5. The molecule has 0 amide bonds. The SMILES string of the molecule is O=C(O[C@@H]1[C@@H](OCc2ccccc2)[C@H](OCc2ccccc2)C[C@H](OCc2ccccc2)C1(F)F)c1ccccc1. The highest BCUT2D eigenvalue weighted by Crippen LogP contribution is 2.42. The Kier molecular flexibility index (Phi) is 9.51. The fourth-order valence-electron chi connectivity index (χ4n) is 4.85. The van der Waals surface area contributed by atoms with Crippen molar-refractivity contribution in [1.29, 1.82) is 0 Å². The summed E-state index contributed by atoms with van der Waals surface area (Å²) in [5.41, 5.74) is 2.60. The number of halogens is 2. The zero-order chi connectivity index (χ0) is 28.5. The van der Waals surface area contributed by atoms with E-state index in [4.69, 9.17) is 18.9 Å². The number of hydrogen-bond donors (Lipinski definition) is 0. The monoisotopic (exact) mass is 558 g/mol. The van der Waals surface area contributed by atoms with Crippen LogP contribution in [0.15, 0.2) is 121 Å². The second-order valence-corrected chi connectivity index (χ2v) is 9.98. The third-order valence-electron chi connectivity index (χ3n) is 7.05. The van der Waals surface area contributed by atoms with E-state index in [0.717, 1.165) is 16.7 Å². The zero-order valence-electron chi connectivity index (χ0n) is 22.5. The predicted octanol–water partition coefficient (Wildman–Crippen LogP) is 7.01. The first-order valence-electron chi connectivity index (χ1n) is 13.6. The molecule has 4 aromatic carbocycles. The Balaban J connectivity index is 1.44. The summed E-state index contributed by atoms with van der Waals surface area (Å²) in [5, 5.41) is 0. The molecule has 0 unspecified atom stereocenters. The molecule has 1 fully saturated rings. The van der Waals surface area contributed by atoms with Gasteiger partial charge in [-0.25, -0.2) is 4.79 Å². The van der Waals surface area contributed by atoms with Crippen LogP contribution in [0.2, 0.25) is 0 Å². The van der Waals surface area contributed by atoms with Gasteiger partial charge in [0.1, 0.15) is 12.2 Å². The van der Waals surface area contributed by atoms with E-state index in [1.165, 1.54) is 12.1 Å². The summed E-state index contributed by atoms with van der Waals surface area (Å²) >= 11 is 0. The first-order valence-corrected chi connectivity index (χ1v) is 13.6. The van der Waals surface area contributed by atoms with E-state index in [0.29, 0.717) is 0 Å². The molecule has 1 aliphatic carbocycles. The molecule has 0 radical (unpaired) electrons. The average molecular weight is 559 g/mol. The van der Waals surface area contributed by atoms with Crippen molar-refractivity contribution in [2.45, 2.75) is 56.6 Å². The van der Waals surface area contributed by atoms with Crippen molar-refractivity contribution in [3.8, 4) is 0 Å². The molecule has 4 atom stereocenters. The van der Waals surface area contributed by atoms with Gasteiger partial charge in [-0.05, 0) is 28.8 Å². The molecule has 0 saturated heterocycles. The maximum absolute atomic E-state index is 16.3. The summed E-state index contributed by atoms with van der Waals surface area (Å²) in [5.74, 6) is -4.43. The molecular formula is C34H32F2O5. The van der Waals surface area contributed by atoms with Crippen molar-refractivity contribution in [3.05, 3.63) is 144 Å². The highest BCUT2D eigenvalue weighted by Gasteiger charge is 2.61. The van der Waals surface area contributed by atoms with Gasteiger partial charge in [0.15, 0.2) is 6.10 Å². The fraction of sp³-hybridized carbons (Fsp3) is 0.265. The Morgan fingerprint density at radius 2 is 1.07 bits per heavy atom. The smallest absolute Gasteiger partial charge is 0.338 e. The number of carbonyl (C=O) groups excluding carboxylic acids is 1. The van der Waals surface area contributed by atoms with Crippen LogP contribution in [-0.4, -0.2) is 36.3 Å². The van der Waals surface area contributed by atoms with Crippen LogP contribution < -0.4 is 0 Å². The molecule has 0 heterocycles. The molecule has 1 saturated carbocycles. The Bertz CT molecular complexity index is 1350. The highest BCUT2D eigenvalue weighted by molar-refractivity contribution is 5.89. The third kappa shape index (κ3) is 7.44. The number of ether oxygens (including phenoxy) is 4. The number of alkyl halides is 2. The summed E-state index contributed by atoms with van der Waals surface area (Å²) in [6.07, 6.45) is -5.76. The molecule has 0 spiro atoms. The molecular weight excluding hydrogens is 526 g/mol. The van der Waals surface area contributed by atoms with Crippen LogP contribution in [0.1, 0.15) is 33.5 Å². The first kappa shape index (κ1) is 28.6. The Morgan fingerprint density at radius 3 is 1.59 bits per heavy atom. The second-order valence-electron chi connectivity index (χ2n) is 9.98. The van der Waals surface area contributed by atoms with E-state index in [1.54, 1.807) is 18.2 Å². The molecule has 0 aromatic heterocycles. The Labute approximate surface area is 238 Å². The third-order valence-corrected chi connectivity index (χ3v) is 7.05. The highest BCUT2D eigenvalue weighted by atomic mass is 19.3. The van der Waals surface area contributed by atoms with Crippen LogP contribution in [0, 0.1) is 0 Å². The number of benzene rings is 4. The molecule has 4 aromatic rings. The van der Waals surface area contributed by atoms with E-state index < -0.39 is 36.3 Å². The van der Waals surface area contributed by atoms with Crippen LogP contribution >= 0.6 is 0 Å². The quantitative estimate of drug-likeness (QED) is 0.186. The Morgan fingerprint density at radius 1 is 0.634 bits per heavy atom. The van der Waals surface area contributed by atoms with E-state index in [1.807, 2.05) is 91.0 Å². The van der Waals surface area contributed by atoms with Crippen LogP contribution in [-0.2, 0) is 38.8 Å². The molecule has 1 aliphatic rings.